The van der Waals surface area contributed by atoms with Crippen LogP contribution in [0, 0.1) is 5.82 Å². The molecule has 25 heavy (non-hydrogen) atoms. The predicted molar refractivity (Wildman–Crippen MR) is 91.8 cm³/mol. The molecule has 0 fully saturated rings. The van der Waals surface area contributed by atoms with Crippen LogP contribution in [0.1, 0.15) is 26.3 Å². The monoisotopic (exact) mass is 344 g/mol. The summed E-state index contributed by atoms with van der Waals surface area (Å²) < 4.78 is 25.4. The largest absolute Gasteiger partial charge is 0.476 e. The highest BCUT2D eigenvalue weighted by Crippen LogP contribution is 2.33. The molecule has 132 valence electrons. The number of aromatic nitrogens is 1. The van der Waals surface area contributed by atoms with Gasteiger partial charge in [0.2, 0.25) is 5.88 Å². The molecule has 1 amide bonds. The summed E-state index contributed by atoms with van der Waals surface area (Å²) in [6.45, 7) is 6.39. The number of fused-ring (bicyclic) bond motifs is 1. The van der Waals surface area contributed by atoms with Crippen LogP contribution in [0.2, 0.25) is 0 Å². The van der Waals surface area contributed by atoms with Gasteiger partial charge in [0.1, 0.15) is 18.0 Å². The molecule has 0 saturated heterocycles. The highest BCUT2D eigenvalue weighted by Gasteiger charge is 2.27. The van der Waals surface area contributed by atoms with Crippen LogP contribution in [0.15, 0.2) is 36.5 Å². The number of carbonyl (C=O) groups excluding carboxylic acids is 1. The number of ether oxygens (including phenoxy) is 2. The van der Waals surface area contributed by atoms with Gasteiger partial charge in [-0.3, -0.25) is 0 Å². The van der Waals surface area contributed by atoms with Crippen molar-refractivity contribution in [2.45, 2.75) is 32.9 Å². The quantitative estimate of drug-likeness (QED) is 0.784. The SMILES string of the molecule is CC(C)(C)OC(=O)N1CCOc2nccc(-c3ccccc3F)c2C1. The minimum Gasteiger partial charge on any atom is -0.476 e. The van der Waals surface area contributed by atoms with E-state index in [2.05, 4.69) is 4.98 Å². The van der Waals surface area contributed by atoms with Gasteiger partial charge < -0.3 is 14.4 Å². The fraction of sp³-hybridized carbons (Fsp3) is 0.368. The van der Waals surface area contributed by atoms with Crippen LogP contribution in [0.3, 0.4) is 0 Å². The minimum atomic E-state index is -0.587. The molecule has 1 aliphatic heterocycles. The summed E-state index contributed by atoms with van der Waals surface area (Å²) >= 11 is 0. The molecular weight excluding hydrogens is 323 g/mol. The Hall–Kier alpha value is -2.63. The lowest BCUT2D eigenvalue weighted by Crippen LogP contribution is -2.37. The molecule has 0 N–H and O–H groups in total. The van der Waals surface area contributed by atoms with Crippen LogP contribution in [-0.4, -0.2) is 34.7 Å². The standard InChI is InChI=1S/C19H21FN2O3/c1-19(2,3)25-18(23)22-10-11-24-17-15(12-22)13(8-9-21-17)14-6-4-5-7-16(14)20/h4-9H,10-12H2,1-3H3. The number of rotatable bonds is 1. The lowest BCUT2D eigenvalue weighted by atomic mass is 10.0. The number of pyridine rings is 1. The number of nitrogens with zero attached hydrogens (tertiary/aromatic N) is 2. The predicted octanol–water partition coefficient (Wildman–Crippen LogP) is 4.02. The van der Waals surface area contributed by atoms with Gasteiger partial charge in [-0.25, -0.2) is 14.2 Å². The molecule has 2 heterocycles. The van der Waals surface area contributed by atoms with Gasteiger partial charge in [-0.2, -0.15) is 0 Å². The van der Waals surface area contributed by atoms with Gasteiger partial charge in [0, 0.05) is 17.3 Å². The molecule has 0 radical (unpaired) electrons. The molecule has 0 bridgehead atoms. The first-order valence-electron chi connectivity index (χ1n) is 8.18. The van der Waals surface area contributed by atoms with Gasteiger partial charge in [0.25, 0.3) is 0 Å². The summed E-state index contributed by atoms with van der Waals surface area (Å²) in [5.74, 6) is 0.0933. The van der Waals surface area contributed by atoms with E-state index in [0.29, 0.717) is 35.7 Å². The second-order valence-corrected chi connectivity index (χ2v) is 6.87. The van der Waals surface area contributed by atoms with Crippen molar-refractivity contribution in [3.63, 3.8) is 0 Å². The van der Waals surface area contributed by atoms with Crippen molar-refractivity contribution in [1.82, 2.24) is 9.88 Å². The van der Waals surface area contributed by atoms with E-state index in [1.54, 1.807) is 35.4 Å². The van der Waals surface area contributed by atoms with Gasteiger partial charge >= 0.3 is 6.09 Å². The molecule has 1 aromatic carbocycles. The first-order chi connectivity index (χ1) is 11.8. The molecule has 1 aromatic heterocycles. The summed E-state index contributed by atoms with van der Waals surface area (Å²) in [7, 11) is 0. The molecule has 3 rings (SSSR count). The summed E-state index contributed by atoms with van der Waals surface area (Å²) in [6, 6.07) is 8.26. The Bertz CT molecular complexity index is 786. The van der Waals surface area contributed by atoms with Crippen LogP contribution >= 0.6 is 0 Å². The molecule has 1 aliphatic rings. The number of hydrogen-bond donors (Lipinski definition) is 0. The number of benzene rings is 1. The molecule has 0 unspecified atom stereocenters. The van der Waals surface area contributed by atoms with E-state index in [1.807, 2.05) is 20.8 Å². The third-order valence-electron chi connectivity index (χ3n) is 3.78. The third-order valence-corrected chi connectivity index (χ3v) is 3.78. The molecule has 0 aliphatic carbocycles. The zero-order chi connectivity index (χ0) is 18.0. The molecule has 0 atom stereocenters. The maximum absolute atomic E-state index is 14.3. The Balaban J connectivity index is 1.97. The van der Waals surface area contributed by atoms with Crippen LogP contribution in [-0.2, 0) is 11.3 Å². The van der Waals surface area contributed by atoms with Gasteiger partial charge in [-0.05, 0) is 38.5 Å². The maximum atomic E-state index is 14.3. The van der Waals surface area contributed by atoms with Crippen molar-refractivity contribution in [1.29, 1.82) is 0 Å². The number of carbonyl (C=O) groups is 1. The van der Waals surface area contributed by atoms with Gasteiger partial charge in [0.05, 0.1) is 13.1 Å². The zero-order valence-corrected chi connectivity index (χ0v) is 14.6. The van der Waals surface area contributed by atoms with Crippen molar-refractivity contribution in [3.05, 3.63) is 47.9 Å². The van der Waals surface area contributed by atoms with Crippen molar-refractivity contribution < 1.29 is 18.7 Å². The van der Waals surface area contributed by atoms with E-state index in [0.717, 1.165) is 0 Å². The lowest BCUT2D eigenvalue weighted by molar-refractivity contribution is 0.0225. The van der Waals surface area contributed by atoms with Crippen molar-refractivity contribution in [2.24, 2.45) is 0 Å². The first kappa shape index (κ1) is 17.2. The Morgan fingerprint density at radius 3 is 2.72 bits per heavy atom. The lowest BCUT2D eigenvalue weighted by Gasteiger charge is -2.26. The zero-order valence-electron chi connectivity index (χ0n) is 14.6. The fourth-order valence-electron chi connectivity index (χ4n) is 2.69. The molecule has 6 heteroatoms. The van der Waals surface area contributed by atoms with Crippen molar-refractivity contribution in [3.8, 4) is 17.0 Å². The fourth-order valence-corrected chi connectivity index (χ4v) is 2.69. The van der Waals surface area contributed by atoms with Crippen molar-refractivity contribution in [2.75, 3.05) is 13.2 Å². The van der Waals surface area contributed by atoms with E-state index in [4.69, 9.17) is 9.47 Å². The Morgan fingerprint density at radius 1 is 1.24 bits per heavy atom. The van der Waals surface area contributed by atoms with Crippen LogP contribution in [0.25, 0.3) is 11.1 Å². The summed E-state index contributed by atoms with van der Waals surface area (Å²) in [6.07, 6.45) is 1.16. The number of amides is 1. The molecule has 0 spiro atoms. The number of hydrogen-bond acceptors (Lipinski definition) is 4. The smallest absolute Gasteiger partial charge is 0.410 e. The first-order valence-corrected chi connectivity index (χ1v) is 8.18. The highest BCUT2D eigenvalue weighted by atomic mass is 19.1. The van der Waals surface area contributed by atoms with E-state index in [9.17, 15) is 9.18 Å². The van der Waals surface area contributed by atoms with Gasteiger partial charge in [-0.15, -0.1) is 0 Å². The van der Waals surface area contributed by atoms with Crippen molar-refractivity contribution >= 4 is 6.09 Å². The van der Waals surface area contributed by atoms with Gasteiger partial charge in [-0.1, -0.05) is 18.2 Å². The highest BCUT2D eigenvalue weighted by molar-refractivity contribution is 5.72. The van der Waals surface area contributed by atoms with Gasteiger partial charge in [0.15, 0.2) is 0 Å². The molecule has 5 nitrogen and oxygen atoms in total. The van der Waals surface area contributed by atoms with E-state index >= 15 is 0 Å². The average molecular weight is 344 g/mol. The second-order valence-electron chi connectivity index (χ2n) is 6.87. The van der Waals surface area contributed by atoms with Crippen LogP contribution in [0.5, 0.6) is 5.88 Å². The second kappa shape index (κ2) is 6.70. The minimum absolute atomic E-state index is 0.252. The maximum Gasteiger partial charge on any atom is 0.410 e. The Labute approximate surface area is 146 Å². The van der Waals surface area contributed by atoms with E-state index in [1.165, 1.54) is 6.07 Å². The molecule has 2 aromatic rings. The Morgan fingerprint density at radius 2 is 2.00 bits per heavy atom. The van der Waals surface area contributed by atoms with E-state index < -0.39 is 11.7 Å². The normalized spacial score (nSPS) is 14.3. The molecular formula is C19H21FN2O3. The van der Waals surface area contributed by atoms with Crippen LogP contribution in [0.4, 0.5) is 9.18 Å². The molecule has 0 saturated carbocycles. The Kier molecular flexibility index (Phi) is 4.61. The topological polar surface area (TPSA) is 51.7 Å². The third kappa shape index (κ3) is 3.90. The van der Waals surface area contributed by atoms with E-state index in [-0.39, 0.29) is 12.4 Å². The summed E-state index contributed by atoms with van der Waals surface area (Å²) in [4.78, 5) is 18.2. The number of halogens is 1. The van der Waals surface area contributed by atoms with Crippen LogP contribution < -0.4 is 4.74 Å². The summed E-state index contributed by atoms with van der Waals surface area (Å²) in [5, 5.41) is 0. The average Bonchev–Trinajstić information content (AvgIpc) is 2.76. The summed E-state index contributed by atoms with van der Waals surface area (Å²) in [5.41, 5.74) is 1.21.